The van der Waals surface area contributed by atoms with Gasteiger partial charge in [-0.25, -0.2) is 0 Å². The number of aliphatic hydroxyl groups excluding tert-OH is 1. The highest BCUT2D eigenvalue weighted by Gasteiger charge is 2.18. The molecule has 0 saturated heterocycles. The van der Waals surface area contributed by atoms with Crippen molar-refractivity contribution in [1.82, 2.24) is 15.1 Å². The molecule has 1 amide bonds. The summed E-state index contributed by atoms with van der Waals surface area (Å²) in [6.45, 7) is 10.9. The molecule has 20 heavy (non-hydrogen) atoms. The summed E-state index contributed by atoms with van der Waals surface area (Å²) in [6.07, 6.45) is 5.10. The largest absolute Gasteiger partial charge is 0.396 e. The lowest BCUT2D eigenvalue weighted by atomic mass is 9.89. The number of hydrogen-bond donors (Lipinski definition) is 2. The summed E-state index contributed by atoms with van der Waals surface area (Å²) < 4.78 is 1.79. The van der Waals surface area contributed by atoms with Crippen LogP contribution in [0.5, 0.6) is 0 Å². The third-order valence-corrected chi connectivity index (χ3v) is 3.28. The monoisotopic (exact) mass is 281 g/mol. The predicted molar refractivity (Wildman–Crippen MR) is 79.7 cm³/mol. The van der Waals surface area contributed by atoms with E-state index in [2.05, 4.69) is 10.4 Å². The van der Waals surface area contributed by atoms with Crippen LogP contribution in [0, 0.1) is 5.41 Å². The molecule has 0 unspecified atom stereocenters. The Hall–Kier alpha value is -1.36. The van der Waals surface area contributed by atoms with Crippen LogP contribution in [-0.4, -0.2) is 33.9 Å². The van der Waals surface area contributed by atoms with Crippen molar-refractivity contribution in [2.75, 3.05) is 13.2 Å². The highest BCUT2D eigenvalue weighted by atomic mass is 16.3. The molecule has 0 aliphatic heterocycles. The van der Waals surface area contributed by atoms with Crippen molar-refractivity contribution < 1.29 is 9.90 Å². The molecule has 0 bridgehead atoms. The Morgan fingerprint density at radius 3 is 2.50 bits per heavy atom. The van der Waals surface area contributed by atoms with Gasteiger partial charge in [0.25, 0.3) is 5.91 Å². The van der Waals surface area contributed by atoms with Gasteiger partial charge < -0.3 is 10.4 Å². The second-order valence-electron chi connectivity index (χ2n) is 7.03. The number of carbonyl (C=O) groups is 1. The van der Waals surface area contributed by atoms with E-state index in [9.17, 15) is 4.79 Å². The quantitative estimate of drug-likeness (QED) is 0.785. The van der Waals surface area contributed by atoms with Crippen molar-refractivity contribution in [3.05, 3.63) is 18.0 Å². The zero-order valence-corrected chi connectivity index (χ0v) is 13.2. The lowest BCUT2D eigenvalue weighted by molar-refractivity contribution is 0.0948. The summed E-state index contributed by atoms with van der Waals surface area (Å²) in [7, 11) is 0. The normalized spacial score (nSPS) is 12.5. The van der Waals surface area contributed by atoms with Gasteiger partial charge in [0, 0.05) is 19.3 Å². The van der Waals surface area contributed by atoms with E-state index in [0.717, 1.165) is 12.8 Å². The molecule has 0 aromatic carbocycles. The maximum atomic E-state index is 12.0. The van der Waals surface area contributed by atoms with Crippen molar-refractivity contribution >= 4 is 5.91 Å². The topological polar surface area (TPSA) is 67.2 Å². The number of carbonyl (C=O) groups excluding carboxylic acids is 1. The summed E-state index contributed by atoms with van der Waals surface area (Å²) in [4.78, 5) is 12.0. The molecule has 0 aliphatic rings. The summed E-state index contributed by atoms with van der Waals surface area (Å²) in [5.41, 5.74) is 0.382. The molecule has 5 heteroatoms. The Labute approximate surface area is 121 Å². The number of nitrogens with one attached hydrogen (secondary N) is 1. The average molecular weight is 281 g/mol. The van der Waals surface area contributed by atoms with E-state index in [1.54, 1.807) is 17.1 Å². The zero-order valence-electron chi connectivity index (χ0n) is 13.2. The van der Waals surface area contributed by atoms with E-state index in [1.807, 2.05) is 34.6 Å². The highest BCUT2D eigenvalue weighted by molar-refractivity contribution is 5.93. The van der Waals surface area contributed by atoms with Crippen molar-refractivity contribution in [3.8, 4) is 0 Å². The van der Waals surface area contributed by atoms with Gasteiger partial charge in [-0.05, 0) is 39.0 Å². The molecule has 0 saturated carbocycles. The first kappa shape index (κ1) is 16.7. The Bertz CT molecular complexity index is 444. The molecule has 0 atom stereocenters. The fourth-order valence-electron chi connectivity index (χ4n) is 1.76. The van der Waals surface area contributed by atoms with E-state index >= 15 is 0 Å². The summed E-state index contributed by atoms with van der Waals surface area (Å²) in [5, 5.41) is 16.3. The first-order valence-corrected chi connectivity index (χ1v) is 7.10. The third-order valence-electron chi connectivity index (χ3n) is 3.28. The van der Waals surface area contributed by atoms with E-state index in [0.29, 0.717) is 12.1 Å². The number of aromatic nitrogens is 2. The first-order valence-electron chi connectivity index (χ1n) is 7.10. The van der Waals surface area contributed by atoms with E-state index in [4.69, 9.17) is 5.11 Å². The number of aliphatic hydroxyl groups is 1. The zero-order chi connectivity index (χ0) is 15.4. The molecule has 0 fully saturated rings. The molecule has 114 valence electrons. The number of rotatable bonds is 6. The Balaban J connectivity index is 2.42. The highest BCUT2D eigenvalue weighted by Crippen LogP contribution is 2.20. The number of hydrogen-bond acceptors (Lipinski definition) is 3. The molecule has 2 N–H and O–H groups in total. The van der Waals surface area contributed by atoms with Crippen LogP contribution in [0.25, 0.3) is 0 Å². The predicted octanol–water partition coefficient (Wildman–Crippen LogP) is 2.17. The SMILES string of the molecule is CC(C)(CO)CCCNC(=O)c1cnn(C(C)(C)C)c1. The molecule has 0 radical (unpaired) electrons. The Morgan fingerprint density at radius 2 is 2.00 bits per heavy atom. The van der Waals surface area contributed by atoms with Gasteiger partial charge >= 0.3 is 0 Å². The molecule has 5 nitrogen and oxygen atoms in total. The van der Waals surface area contributed by atoms with Crippen molar-refractivity contribution in [3.63, 3.8) is 0 Å². The van der Waals surface area contributed by atoms with Gasteiger partial charge in [-0.3, -0.25) is 9.48 Å². The van der Waals surface area contributed by atoms with Crippen LogP contribution in [-0.2, 0) is 5.54 Å². The van der Waals surface area contributed by atoms with Crippen molar-refractivity contribution in [2.24, 2.45) is 5.41 Å². The lowest BCUT2D eigenvalue weighted by Crippen LogP contribution is -2.26. The minimum absolute atomic E-state index is 0.0815. The standard InChI is InChI=1S/C15H27N3O2/c1-14(2,3)18-10-12(9-17-18)13(20)16-8-6-7-15(4,5)11-19/h9-10,19H,6-8,11H2,1-5H3,(H,16,20). The lowest BCUT2D eigenvalue weighted by Gasteiger charge is -2.21. The van der Waals surface area contributed by atoms with E-state index in [1.165, 1.54) is 0 Å². The van der Waals surface area contributed by atoms with Gasteiger partial charge in [-0.2, -0.15) is 5.10 Å². The summed E-state index contributed by atoms with van der Waals surface area (Å²) in [5.74, 6) is -0.0951. The minimum Gasteiger partial charge on any atom is -0.396 e. The van der Waals surface area contributed by atoms with Gasteiger partial charge in [0.1, 0.15) is 0 Å². The van der Waals surface area contributed by atoms with Gasteiger partial charge in [0.15, 0.2) is 0 Å². The van der Waals surface area contributed by atoms with Crippen LogP contribution >= 0.6 is 0 Å². The second-order valence-corrected chi connectivity index (χ2v) is 7.03. The summed E-state index contributed by atoms with van der Waals surface area (Å²) >= 11 is 0. The third kappa shape index (κ3) is 4.96. The fraction of sp³-hybridized carbons (Fsp3) is 0.733. The van der Waals surface area contributed by atoms with Crippen LogP contribution in [0.2, 0.25) is 0 Å². The molecule has 0 spiro atoms. The molecule has 1 aromatic heterocycles. The number of amides is 1. The van der Waals surface area contributed by atoms with Crippen LogP contribution < -0.4 is 5.32 Å². The molecule has 1 heterocycles. The molecule has 1 rings (SSSR count). The summed E-state index contributed by atoms with van der Waals surface area (Å²) in [6, 6.07) is 0. The molecular weight excluding hydrogens is 254 g/mol. The van der Waals surface area contributed by atoms with Crippen molar-refractivity contribution in [2.45, 2.75) is 53.0 Å². The van der Waals surface area contributed by atoms with Gasteiger partial charge in [-0.1, -0.05) is 13.8 Å². The van der Waals surface area contributed by atoms with E-state index < -0.39 is 0 Å². The van der Waals surface area contributed by atoms with Gasteiger partial charge in [0.2, 0.25) is 0 Å². The minimum atomic E-state index is -0.121. The molecule has 1 aromatic rings. The maximum Gasteiger partial charge on any atom is 0.254 e. The van der Waals surface area contributed by atoms with Crippen LogP contribution in [0.4, 0.5) is 0 Å². The Morgan fingerprint density at radius 1 is 1.35 bits per heavy atom. The smallest absolute Gasteiger partial charge is 0.254 e. The van der Waals surface area contributed by atoms with Crippen LogP contribution in [0.15, 0.2) is 12.4 Å². The fourth-order valence-corrected chi connectivity index (χ4v) is 1.76. The second kappa shape index (κ2) is 6.39. The molecule has 0 aliphatic carbocycles. The van der Waals surface area contributed by atoms with Crippen LogP contribution in [0.1, 0.15) is 57.8 Å². The van der Waals surface area contributed by atoms with Gasteiger partial charge in [0.05, 0.1) is 17.3 Å². The number of nitrogens with zero attached hydrogens (tertiary/aromatic N) is 2. The Kier molecular flexibility index (Phi) is 5.34. The average Bonchev–Trinajstić information content (AvgIpc) is 2.84. The maximum absolute atomic E-state index is 12.0. The molecular formula is C15H27N3O2. The van der Waals surface area contributed by atoms with E-state index in [-0.39, 0.29) is 23.5 Å². The first-order chi connectivity index (χ1) is 9.15. The van der Waals surface area contributed by atoms with Crippen molar-refractivity contribution in [1.29, 1.82) is 0 Å². The van der Waals surface area contributed by atoms with Gasteiger partial charge in [-0.15, -0.1) is 0 Å². The van der Waals surface area contributed by atoms with Crippen LogP contribution in [0.3, 0.4) is 0 Å².